The van der Waals surface area contributed by atoms with Crippen LogP contribution in [0.4, 0.5) is 13.2 Å². The molecule has 0 amide bonds. The van der Waals surface area contributed by atoms with Crippen LogP contribution in [-0.4, -0.2) is 29.5 Å². The number of nitrogens with zero attached hydrogens (tertiary/aromatic N) is 1. The van der Waals surface area contributed by atoms with Crippen molar-refractivity contribution in [1.82, 2.24) is 5.43 Å². The van der Waals surface area contributed by atoms with Crippen molar-refractivity contribution < 1.29 is 23.1 Å². The van der Waals surface area contributed by atoms with Crippen LogP contribution < -0.4 is 5.43 Å². The van der Waals surface area contributed by atoms with Gasteiger partial charge in [-0.25, -0.2) is 4.79 Å². The molecule has 0 aromatic heterocycles. The molecule has 0 rings (SSSR count). The lowest BCUT2D eigenvalue weighted by Crippen LogP contribution is -2.30. The van der Waals surface area contributed by atoms with Gasteiger partial charge in [-0.2, -0.15) is 18.3 Å². The number of carbonyl (C=O) groups is 1. The summed E-state index contributed by atoms with van der Waals surface area (Å²) in [6.45, 7) is 2.15. The first-order valence-electron chi connectivity index (χ1n) is 4.88. The van der Waals surface area contributed by atoms with E-state index < -0.39 is 18.7 Å². The van der Waals surface area contributed by atoms with Crippen LogP contribution in [0, 0.1) is 5.92 Å². The van der Waals surface area contributed by atoms with Gasteiger partial charge in [0.05, 0.1) is 0 Å². The minimum absolute atomic E-state index is 0.272. The van der Waals surface area contributed by atoms with Crippen molar-refractivity contribution in [2.24, 2.45) is 11.0 Å². The molecular formula is C9H15F3N2O2. The first-order chi connectivity index (χ1) is 7.28. The second-order valence-electron chi connectivity index (χ2n) is 3.44. The predicted molar refractivity (Wildman–Crippen MR) is 53.2 cm³/mol. The van der Waals surface area contributed by atoms with E-state index in [9.17, 15) is 18.0 Å². The quantitative estimate of drug-likeness (QED) is 0.551. The summed E-state index contributed by atoms with van der Waals surface area (Å²) in [6, 6.07) is 0. The lowest BCUT2D eigenvalue weighted by Gasteiger charge is -2.11. The maximum atomic E-state index is 11.8. The second kappa shape index (κ2) is 6.34. The molecule has 0 saturated carbocycles. The molecular weight excluding hydrogens is 225 g/mol. The van der Waals surface area contributed by atoms with Gasteiger partial charge in [0.25, 0.3) is 0 Å². The summed E-state index contributed by atoms with van der Waals surface area (Å²) in [6.07, 6.45) is -3.09. The molecule has 0 spiro atoms. The third-order valence-corrected chi connectivity index (χ3v) is 1.89. The summed E-state index contributed by atoms with van der Waals surface area (Å²) < 4.78 is 35.3. The second-order valence-corrected chi connectivity index (χ2v) is 3.44. The molecule has 4 nitrogen and oxygen atoms in total. The fourth-order valence-electron chi connectivity index (χ4n) is 1.15. The van der Waals surface area contributed by atoms with E-state index in [1.807, 2.05) is 6.92 Å². The van der Waals surface area contributed by atoms with Crippen LogP contribution in [-0.2, 0) is 4.79 Å². The topological polar surface area (TPSA) is 61.7 Å². The number of alkyl halides is 3. The molecule has 0 radical (unpaired) electrons. The minimum Gasteiger partial charge on any atom is -0.477 e. The molecule has 0 aliphatic heterocycles. The van der Waals surface area contributed by atoms with E-state index in [0.717, 1.165) is 6.42 Å². The summed E-state index contributed by atoms with van der Waals surface area (Å²) in [7, 11) is 0. The van der Waals surface area contributed by atoms with Gasteiger partial charge in [0, 0.05) is 5.92 Å². The Morgan fingerprint density at radius 3 is 2.44 bits per heavy atom. The van der Waals surface area contributed by atoms with Crippen molar-refractivity contribution in [2.45, 2.75) is 32.9 Å². The van der Waals surface area contributed by atoms with Crippen LogP contribution in [0.25, 0.3) is 0 Å². The molecule has 16 heavy (non-hydrogen) atoms. The molecule has 1 atom stereocenters. The first-order valence-corrected chi connectivity index (χ1v) is 4.88. The zero-order valence-corrected chi connectivity index (χ0v) is 9.14. The van der Waals surface area contributed by atoms with Crippen LogP contribution in [0.1, 0.15) is 26.7 Å². The molecule has 2 N–H and O–H groups in total. The van der Waals surface area contributed by atoms with Gasteiger partial charge in [0.15, 0.2) is 0 Å². The van der Waals surface area contributed by atoms with Gasteiger partial charge in [0.2, 0.25) is 0 Å². The van der Waals surface area contributed by atoms with Crippen molar-refractivity contribution in [3.8, 4) is 0 Å². The molecule has 0 fully saturated rings. The third kappa shape index (κ3) is 6.26. The van der Waals surface area contributed by atoms with Crippen LogP contribution in [0.15, 0.2) is 5.10 Å². The van der Waals surface area contributed by atoms with Gasteiger partial charge < -0.3 is 10.5 Å². The molecule has 94 valence electrons. The average Bonchev–Trinajstić information content (AvgIpc) is 2.10. The number of aliphatic carboxylic acids is 1. The molecule has 0 aromatic carbocycles. The normalized spacial score (nSPS) is 14.7. The van der Waals surface area contributed by atoms with E-state index in [1.54, 1.807) is 12.3 Å². The Morgan fingerprint density at radius 2 is 2.06 bits per heavy atom. The number of rotatable bonds is 6. The van der Waals surface area contributed by atoms with E-state index in [1.165, 1.54) is 0 Å². The fourth-order valence-corrected chi connectivity index (χ4v) is 1.15. The molecule has 0 heterocycles. The molecule has 0 aliphatic rings. The largest absolute Gasteiger partial charge is 0.477 e. The summed E-state index contributed by atoms with van der Waals surface area (Å²) in [5.41, 5.74) is 1.46. The Bertz CT molecular complexity index is 264. The minimum atomic E-state index is -4.40. The van der Waals surface area contributed by atoms with Gasteiger partial charge in [-0.3, -0.25) is 0 Å². The smallest absolute Gasteiger partial charge is 0.407 e. The van der Waals surface area contributed by atoms with Gasteiger partial charge >= 0.3 is 12.1 Å². The SMILES string of the molecule is CCCC(C)C(=NNCC(F)(F)F)C(=O)O. The number of nitrogens with one attached hydrogen (secondary N) is 1. The lowest BCUT2D eigenvalue weighted by molar-refractivity contribution is -0.130. The van der Waals surface area contributed by atoms with Gasteiger partial charge in [-0.05, 0) is 6.42 Å². The highest BCUT2D eigenvalue weighted by Crippen LogP contribution is 2.12. The Morgan fingerprint density at radius 1 is 1.50 bits per heavy atom. The Labute approximate surface area is 91.5 Å². The van der Waals surface area contributed by atoms with Gasteiger partial charge in [0.1, 0.15) is 12.3 Å². The van der Waals surface area contributed by atoms with E-state index in [2.05, 4.69) is 5.10 Å². The highest BCUT2D eigenvalue weighted by molar-refractivity contribution is 6.36. The maximum absolute atomic E-state index is 11.8. The van der Waals surface area contributed by atoms with Gasteiger partial charge in [-0.1, -0.05) is 20.3 Å². The zero-order chi connectivity index (χ0) is 12.8. The van der Waals surface area contributed by atoms with Gasteiger partial charge in [-0.15, -0.1) is 0 Å². The highest BCUT2D eigenvalue weighted by atomic mass is 19.4. The van der Waals surface area contributed by atoms with Crippen molar-refractivity contribution in [3.05, 3.63) is 0 Å². The van der Waals surface area contributed by atoms with Crippen LogP contribution in [0.2, 0.25) is 0 Å². The van der Waals surface area contributed by atoms with Crippen molar-refractivity contribution >= 4 is 11.7 Å². The number of carboxylic acid groups (broad SMARTS) is 1. The summed E-state index contributed by atoms with van der Waals surface area (Å²) in [5.74, 6) is -1.67. The Kier molecular flexibility index (Phi) is 5.84. The van der Waals surface area contributed by atoms with E-state index >= 15 is 0 Å². The van der Waals surface area contributed by atoms with E-state index in [4.69, 9.17) is 5.11 Å². The van der Waals surface area contributed by atoms with Crippen molar-refractivity contribution in [3.63, 3.8) is 0 Å². The molecule has 1 unspecified atom stereocenters. The number of hydrogen-bond donors (Lipinski definition) is 2. The fraction of sp³-hybridized carbons (Fsp3) is 0.778. The predicted octanol–water partition coefficient (Wildman–Crippen LogP) is 2.02. The molecule has 7 heteroatoms. The molecule has 0 aromatic rings. The lowest BCUT2D eigenvalue weighted by atomic mass is 10.0. The summed E-state index contributed by atoms with van der Waals surface area (Å²) in [4.78, 5) is 10.7. The number of hydrazone groups is 1. The van der Waals surface area contributed by atoms with E-state index in [-0.39, 0.29) is 11.6 Å². The van der Waals surface area contributed by atoms with Crippen LogP contribution in [0.5, 0.6) is 0 Å². The highest BCUT2D eigenvalue weighted by Gasteiger charge is 2.27. The molecule has 0 aliphatic carbocycles. The number of carboxylic acids is 1. The standard InChI is InChI=1S/C9H15F3N2O2/c1-3-4-6(2)7(8(15)16)14-13-5-9(10,11)12/h6,13H,3-5H2,1-2H3,(H,15,16). The first kappa shape index (κ1) is 14.7. The number of halogens is 3. The van der Waals surface area contributed by atoms with E-state index in [0.29, 0.717) is 6.42 Å². The molecule has 0 saturated heterocycles. The monoisotopic (exact) mass is 240 g/mol. The Hall–Kier alpha value is -1.27. The zero-order valence-electron chi connectivity index (χ0n) is 9.14. The molecule has 0 bridgehead atoms. The summed E-state index contributed by atoms with van der Waals surface area (Å²) >= 11 is 0. The third-order valence-electron chi connectivity index (χ3n) is 1.89. The maximum Gasteiger partial charge on any atom is 0.407 e. The Balaban J connectivity index is 4.42. The number of hydrogen-bond acceptors (Lipinski definition) is 3. The van der Waals surface area contributed by atoms with Crippen molar-refractivity contribution in [1.29, 1.82) is 0 Å². The van der Waals surface area contributed by atoms with Crippen LogP contribution in [0.3, 0.4) is 0 Å². The van der Waals surface area contributed by atoms with Crippen LogP contribution >= 0.6 is 0 Å². The summed E-state index contributed by atoms with van der Waals surface area (Å²) in [5, 5.41) is 12.0. The van der Waals surface area contributed by atoms with Crippen molar-refractivity contribution in [2.75, 3.05) is 6.54 Å². The average molecular weight is 240 g/mol.